The first-order valence-electron chi connectivity index (χ1n) is 6.91. The lowest BCUT2D eigenvalue weighted by atomic mass is 9.82. The SMILES string of the molecule is CNCC1CCN(Cc2ccccn2)C(C)(C)C1. The second kappa shape index (κ2) is 5.81. The van der Waals surface area contributed by atoms with Crippen molar-refractivity contribution in [2.24, 2.45) is 5.92 Å². The third-order valence-corrected chi connectivity index (χ3v) is 4.02. The number of hydrogen-bond acceptors (Lipinski definition) is 3. The van der Waals surface area contributed by atoms with Gasteiger partial charge < -0.3 is 5.32 Å². The molecule has 0 saturated carbocycles. The molecule has 0 aromatic carbocycles. The van der Waals surface area contributed by atoms with E-state index in [1.54, 1.807) is 0 Å². The molecule has 1 aromatic heterocycles. The Balaban J connectivity index is 1.98. The lowest BCUT2D eigenvalue weighted by Gasteiger charge is -2.45. The number of hydrogen-bond donors (Lipinski definition) is 1. The van der Waals surface area contributed by atoms with E-state index in [0.29, 0.717) is 0 Å². The Morgan fingerprint density at radius 2 is 2.28 bits per heavy atom. The van der Waals surface area contributed by atoms with Gasteiger partial charge in [0, 0.05) is 18.3 Å². The molecule has 2 heterocycles. The predicted octanol–water partition coefficient (Wildman–Crippen LogP) is 2.29. The highest BCUT2D eigenvalue weighted by molar-refractivity contribution is 5.05. The average molecular weight is 247 g/mol. The second-order valence-electron chi connectivity index (χ2n) is 5.97. The Hall–Kier alpha value is -0.930. The summed E-state index contributed by atoms with van der Waals surface area (Å²) in [6.45, 7) is 8.01. The molecule has 2 rings (SSSR count). The Morgan fingerprint density at radius 3 is 2.89 bits per heavy atom. The van der Waals surface area contributed by atoms with Gasteiger partial charge in [-0.3, -0.25) is 9.88 Å². The highest BCUT2D eigenvalue weighted by atomic mass is 15.2. The van der Waals surface area contributed by atoms with Crippen LogP contribution in [0.5, 0.6) is 0 Å². The summed E-state index contributed by atoms with van der Waals surface area (Å²) in [4.78, 5) is 7.01. The maximum absolute atomic E-state index is 4.44. The zero-order valence-electron chi connectivity index (χ0n) is 11.8. The molecule has 1 aliphatic heterocycles. The van der Waals surface area contributed by atoms with Crippen molar-refractivity contribution < 1.29 is 0 Å². The smallest absolute Gasteiger partial charge is 0.0544 e. The van der Waals surface area contributed by atoms with E-state index in [0.717, 1.165) is 19.0 Å². The minimum absolute atomic E-state index is 0.275. The molecule has 1 fully saturated rings. The molecule has 1 aliphatic rings. The summed E-state index contributed by atoms with van der Waals surface area (Å²) in [5.74, 6) is 0.810. The van der Waals surface area contributed by atoms with Crippen LogP contribution in [-0.2, 0) is 6.54 Å². The molecule has 0 spiro atoms. The van der Waals surface area contributed by atoms with E-state index in [-0.39, 0.29) is 5.54 Å². The lowest BCUT2D eigenvalue weighted by Crippen LogP contribution is -2.50. The van der Waals surface area contributed by atoms with Crippen LogP contribution in [0.2, 0.25) is 0 Å². The van der Waals surface area contributed by atoms with Gasteiger partial charge in [0.05, 0.1) is 5.69 Å². The number of nitrogens with zero attached hydrogens (tertiary/aromatic N) is 2. The van der Waals surface area contributed by atoms with E-state index >= 15 is 0 Å². The van der Waals surface area contributed by atoms with Crippen molar-refractivity contribution in [2.45, 2.75) is 38.8 Å². The van der Waals surface area contributed by atoms with Gasteiger partial charge in [0.25, 0.3) is 0 Å². The van der Waals surface area contributed by atoms with Gasteiger partial charge in [0.15, 0.2) is 0 Å². The fraction of sp³-hybridized carbons (Fsp3) is 0.667. The van der Waals surface area contributed by atoms with Crippen LogP contribution in [0.25, 0.3) is 0 Å². The minimum Gasteiger partial charge on any atom is -0.319 e. The molecule has 0 radical (unpaired) electrons. The van der Waals surface area contributed by atoms with Crippen molar-refractivity contribution in [3.63, 3.8) is 0 Å². The third kappa shape index (κ3) is 3.30. The van der Waals surface area contributed by atoms with Gasteiger partial charge in [0.1, 0.15) is 0 Å². The highest BCUT2D eigenvalue weighted by Crippen LogP contribution is 2.32. The van der Waals surface area contributed by atoms with E-state index < -0.39 is 0 Å². The van der Waals surface area contributed by atoms with Crippen LogP contribution in [-0.4, -0.2) is 35.6 Å². The van der Waals surface area contributed by atoms with Crippen molar-refractivity contribution in [2.75, 3.05) is 20.1 Å². The van der Waals surface area contributed by atoms with Crippen LogP contribution in [0.1, 0.15) is 32.4 Å². The maximum Gasteiger partial charge on any atom is 0.0544 e. The summed E-state index contributed by atoms with van der Waals surface area (Å²) in [5, 5.41) is 3.31. The normalized spacial score (nSPS) is 24.1. The summed E-state index contributed by atoms with van der Waals surface area (Å²) in [6.07, 6.45) is 4.44. The van der Waals surface area contributed by atoms with E-state index in [9.17, 15) is 0 Å². The van der Waals surface area contributed by atoms with Crippen LogP contribution >= 0.6 is 0 Å². The van der Waals surface area contributed by atoms with Gasteiger partial charge in [0.2, 0.25) is 0 Å². The first kappa shape index (κ1) is 13.5. The van der Waals surface area contributed by atoms with Gasteiger partial charge >= 0.3 is 0 Å². The molecule has 100 valence electrons. The fourth-order valence-corrected chi connectivity index (χ4v) is 3.02. The zero-order valence-corrected chi connectivity index (χ0v) is 11.8. The largest absolute Gasteiger partial charge is 0.319 e. The summed E-state index contributed by atoms with van der Waals surface area (Å²) in [7, 11) is 2.05. The van der Waals surface area contributed by atoms with Gasteiger partial charge in [-0.1, -0.05) is 6.07 Å². The first-order valence-corrected chi connectivity index (χ1v) is 6.91. The predicted molar refractivity (Wildman–Crippen MR) is 75.4 cm³/mol. The van der Waals surface area contributed by atoms with Crippen molar-refractivity contribution in [3.8, 4) is 0 Å². The third-order valence-electron chi connectivity index (χ3n) is 4.02. The van der Waals surface area contributed by atoms with Gasteiger partial charge in [-0.25, -0.2) is 0 Å². The number of rotatable bonds is 4. The Kier molecular flexibility index (Phi) is 4.36. The van der Waals surface area contributed by atoms with Crippen LogP contribution < -0.4 is 5.32 Å². The van der Waals surface area contributed by atoms with Crippen LogP contribution in [0.4, 0.5) is 0 Å². The highest BCUT2D eigenvalue weighted by Gasteiger charge is 2.34. The van der Waals surface area contributed by atoms with E-state index in [4.69, 9.17) is 0 Å². The summed E-state index contributed by atoms with van der Waals surface area (Å²) in [5.41, 5.74) is 1.45. The van der Waals surface area contributed by atoms with Crippen LogP contribution in [0.3, 0.4) is 0 Å². The van der Waals surface area contributed by atoms with E-state index in [2.05, 4.69) is 41.2 Å². The Morgan fingerprint density at radius 1 is 1.44 bits per heavy atom. The minimum atomic E-state index is 0.275. The number of pyridine rings is 1. The molecule has 1 atom stereocenters. The van der Waals surface area contributed by atoms with Gasteiger partial charge in [-0.05, 0) is 64.9 Å². The summed E-state index contributed by atoms with van der Waals surface area (Å²) < 4.78 is 0. The van der Waals surface area contributed by atoms with Crippen molar-refractivity contribution >= 4 is 0 Å². The lowest BCUT2D eigenvalue weighted by molar-refractivity contribution is 0.0390. The number of aromatic nitrogens is 1. The van der Waals surface area contributed by atoms with E-state index in [1.165, 1.54) is 25.1 Å². The summed E-state index contributed by atoms with van der Waals surface area (Å²) >= 11 is 0. The summed E-state index contributed by atoms with van der Waals surface area (Å²) in [6, 6.07) is 6.17. The van der Waals surface area contributed by atoms with Crippen molar-refractivity contribution in [3.05, 3.63) is 30.1 Å². The molecule has 1 N–H and O–H groups in total. The molecule has 18 heavy (non-hydrogen) atoms. The maximum atomic E-state index is 4.44. The monoisotopic (exact) mass is 247 g/mol. The number of piperidine rings is 1. The fourth-order valence-electron chi connectivity index (χ4n) is 3.02. The number of likely N-dealkylation sites (tertiary alicyclic amines) is 1. The molecule has 3 nitrogen and oxygen atoms in total. The second-order valence-corrected chi connectivity index (χ2v) is 5.97. The Bertz CT molecular complexity index is 361. The van der Waals surface area contributed by atoms with Gasteiger partial charge in [-0.15, -0.1) is 0 Å². The topological polar surface area (TPSA) is 28.2 Å². The first-order chi connectivity index (χ1) is 8.62. The van der Waals surface area contributed by atoms with Gasteiger partial charge in [-0.2, -0.15) is 0 Å². The van der Waals surface area contributed by atoms with E-state index in [1.807, 2.05) is 19.3 Å². The van der Waals surface area contributed by atoms with Crippen LogP contribution in [0, 0.1) is 5.92 Å². The average Bonchev–Trinajstić information content (AvgIpc) is 2.34. The van der Waals surface area contributed by atoms with Crippen molar-refractivity contribution in [1.82, 2.24) is 15.2 Å². The molecular weight excluding hydrogens is 222 g/mol. The van der Waals surface area contributed by atoms with Crippen LogP contribution in [0.15, 0.2) is 24.4 Å². The molecule has 0 aliphatic carbocycles. The molecule has 0 bridgehead atoms. The molecule has 1 aromatic rings. The molecule has 1 unspecified atom stereocenters. The molecule has 0 amide bonds. The zero-order chi connectivity index (χ0) is 13.0. The molecule has 1 saturated heterocycles. The quantitative estimate of drug-likeness (QED) is 0.885. The van der Waals surface area contributed by atoms with Crippen molar-refractivity contribution in [1.29, 1.82) is 0 Å². The molecular formula is C15H25N3. The standard InChI is InChI=1S/C15H25N3/c1-15(2)10-13(11-16-3)7-9-18(15)12-14-6-4-5-8-17-14/h4-6,8,13,16H,7,9-12H2,1-3H3. The number of nitrogens with one attached hydrogen (secondary N) is 1. The Labute approximate surface area is 111 Å². The molecule has 3 heteroatoms.